The van der Waals surface area contributed by atoms with Gasteiger partial charge in [-0.25, -0.2) is 4.79 Å². The number of carbonyl (C=O) groups is 3. The Bertz CT molecular complexity index is 543. The lowest BCUT2D eigenvalue weighted by Gasteiger charge is -2.20. The molecule has 1 aliphatic rings. The van der Waals surface area contributed by atoms with Gasteiger partial charge in [0, 0.05) is 0 Å². The van der Waals surface area contributed by atoms with Gasteiger partial charge in [-0.1, -0.05) is 13.3 Å². The average Bonchev–Trinajstić information content (AvgIpc) is 3.04. The topological polar surface area (TPSA) is 75.7 Å². The highest BCUT2D eigenvalue weighted by Crippen LogP contribution is 2.30. The zero-order valence-electron chi connectivity index (χ0n) is 12.0. The number of amides is 3. The van der Waals surface area contributed by atoms with Crippen LogP contribution in [-0.4, -0.2) is 36.0 Å². The van der Waals surface area contributed by atoms with Gasteiger partial charge in [0.1, 0.15) is 12.1 Å². The largest absolute Gasteiger partial charge is 0.464 e. The first-order chi connectivity index (χ1) is 9.99. The normalized spacial score (nSPS) is 21.5. The van der Waals surface area contributed by atoms with Crippen molar-refractivity contribution >= 4 is 29.2 Å². The number of urea groups is 1. The molecule has 1 fully saturated rings. The first-order valence-electron chi connectivity index (χ1n) is 6.81. The van der Waals surface area contributed by atoms with Gasteiger partial charge in [-0.2, -0.15) is 11.3 Å². The third kappa shape index (κ3) is 3.07. The molecule has 2 rings (SSSR count). The molecule has 0 aromatic carbocycles. The number of nitrogens with one attached hydrogen (secondary N) is 1. The quantitative estimate of drug-likeness (QED) is 0.494. The Kier molecular flexibility index (Phi) is 4.62. The SMILES string of the molecule is CCCCOC(=O)CN1C(=O)NC(C)(c2ccsc2)C1=O. The van der Waals surface area contributed by atoms with Crippen molar-refractivity contribution in [3.63, 3.8) is 0 Å². The van der Waals surface area contributed by atoms with E-state index in [-0.39, 0.29) is 6.54 Å². The molecule has 0 radical (unpaired) electrons. The van der Waals surface area contributed by atoms with Crippen LogP contribution in [0.15, 0.2) is 16.8 Å². The maximum Gasteiger partial charge on any atom is 0.326 e. The maximum absolute atomic E-state index is 12.4. The van der Waals surface area contributed by atoms with E-state index in [1.807, 2.05) is 12.3 Å². The summed E-state index contributed by atoms with van der Waals surface area (Å²) < 4.78 is 4.99. The number of hydrogen-bond donors (Lipinski definition) is 1. The standard InChI is InChI=1S/C14H18N2O4S/c1-3-4-6-20-11(17)8-16-12(18)14(2,15-13(16)19)10-5-7-21-9-10/h5,7,9H,3-4,6,8H2,1-2H3,(H,15,19). The number of ether oxygens (including phenoxy) is 1. The Morgan fingerprint density at radius 2 is 2.24 bits per heavy atom. The van der Waals surface area contributed by atoms with Crippen LogP contribution in [0.3, 0.4) is 0 Å². The van der Waals surface area contributed by atoms with E-state index in [0.29, 0.717) is 12.2 Å². The van der Waals surface area contributed by atoms with Gasteiger partial charge < -0.3 is 10.1 Å². The van der Waals surface area contributed by atoms with Gasteiger partial charge in [0.25, 0.3) is 5.91 Å². The lowest BCUT2D eigenvalue weighted by molar-refractivity contribution is -0.147. The van der Waals surface area contributed by atoms with Crippen molar-refractivity contribution in [2.45, 2.75) is 32.2 Å². The monoisotopic (exact) mass is 310 g/mol. The predicted molar refractivity (Wildman–Crippen MR) is 77.8 cm³/mol. The van der Waals surface area contributed by atoms with Gasteiger partial charge >= 0.3 is 12.0 Å². The summed E-state index contributed by atoms with van der Waals surface area (Å²) in [6.45, 7) is 3.57. The van der Waals surface area contributed by atoms with E-state index in [2.05, 4.69) is 5.32 Å². The van der Waals surface area contributed by atoms with Crippen molar-refractivity contribution in [3.8, 4) is 0 Å². The molecule has 2 heterocycles. The van der Waals surface area contributed by atoms with Crippen molar-refractivity contribution < 1.29 is 19.1 Å². The molecule has 1 atom stereocenters. The van der Waals surface area contributed by atoms with Crippen molar-refractivity contribution in [1.29, 1.82) is 0 Å². The molecule has 3 amide bonds. The van der Waals surface area contributed by atoms with Crippen LogP contribution in [0.5, 0.6) is 0 Å². The highest BCUT2D eigenvalue weighted by Gasteiger charge is 2.49. The molecule has 0 aliphatic carbocycles. The summed E-state index contributed by atoms with van der Waals surface area (Å²) in [7, 11) is 0. The van der Waals surface area contributed by atoms with E-state index < -0.39 is 23.4 Å². The number of unbranched alkanes of at least 4 members (excludes halogenated alkanes) is 1. The molecule has 1 aromatic heterocycles. The maximum atomic E-state index is 12.4. The Labute approximate surface area is 127 Å². The number of thiophene rings is 1. The van der Waals surface area contributed by atoms with E-state index in [4.69, 9.17) is 4.74 Å². The molecule has 0 spiro atoms. The molecular weight excluding hydrogens is 292 g/mol. The number of nitrogens with zero attached hydrogens (tertiary/aromatic N) is 1. The Morgan fingerprint density at radius 1 is 1.48 bits per heavy atom. The van der Waals surface area contributed by atoms with Gasteiger partial charge in [0.2, 0.25) is 0 Å². The minimum absolute atomic E-state index is 0.306. The molecule has 7 heteroatoms. The van der Waals surface area contributed by atoms with E-state index in [9.17, 15) is 14.4 Å². The molecule has 1 aliphatic heterocycles. The first-order valence-corrected chi connectivity index (χ1v) is 7.75. The second-order valence-corrected chi connectivity index (χ2v) is 5.81. The van der Waals surface area contributed by atoms with Crippen molar-refractivity contribution in [3.05, 3.63) is 22.4 Å². The fourth-order valence-electron chi connectivity index (χ4n) is 2.09. The zero-order chi connectivity index (χ0) is 15.5. The summed E-state index contributed by atoms with van der Waals surface area (Å²) in [6.07, 6.45) is 1.67. The summed E-state index contributed by atoms with van der Waals surface area (Å²) in [6, 6.07) is 1.22. The summed E-state index contributed by atoms with van der Waals surface area (Å²) in [5.74, 6) is -1.00. The average molecular weight is 310 g/mol. The molecule has 1 saturated heterocycles. The van der Waals surface area contributed by atoms with Crippen molar-refractivity contribution in [1.82, 2.24) is 10.2 Å². The molecule has 1 N–H and O–H groups in total. The van der Waals surface area contributed by atoms with Gasteiger partial charge in [0.05, 0.1) is 6.61 Å². The highest BCUT2D eigenvalue weighted by molar-refractivity contribution is 7.08. The molecule has 6 nitrogen and oxygen atoms in total. The molecule has 0 saturated carbocycles. The second-order valence-electron chi connectivity index (χ2n) is 5.03. The van der Waals surface area contributed by atoms with Gasteiger partial charge in [0.15, 0.2) is 0 Å². The lowest BCUT2D eigenvalue weighted by atomic mass is 9.95. The highest BCUT2D eigenvalue weighted by atomic mass is 32.1. The number of imide groups is 1. The van der Waals surface area contributed by atoms with Crippen LogP contribution >= 0.6 is 11.3 Å². The van der Waals surface area contributed by atoms with Crippen LogP contribution in [0.25, 0.3) is 0 Å². The summed E-state index contributed by atoms with van der Waals surface area (Å²) >= 11 is 1.44. The first kappa shape index (κ1) is 15.5. The second kappa shape index (κ2) is 6.26. The van der Waals surface area contributed by atoms with Crippen LogP contribution in [-0.2, 0) is 19.9 Å². The fraction of sp³-hybridized carbons (Fsp3) is 0.500. The van der Waals surface area contributed by atoms with Gasteiger partial charge in [-0.3, -0.25) is 14.5 Å². The van der Waals surface area contributed by atoms with E-state index >= 15 is 0 Å². The summed E-state index contributed by atoms with van der Waals surface area (Å²) in [4.78, 5) is 37.0. The number of esters is 1. The fourth-order valence-corrected chi connectivity index (χ4v) is 2.85. The van der Waals surface area contributed by atoms with Crippen molar-refractivity contribution in [2.24, 2.45) is 0 Å². The molecule has 114 valence electrons. The number of carbonyl (C=O) groups excluding carboxylic acids is 3. The van der Waals surface area contributed by atoms with Gasteiger partial charge in [-0.15, -0.1) is 0 Å². The zero-order valence-corrected chi connectivity index (χ0v) is 12.9. The van der Waals surface area contributed by atoms with Crippen LogP contribution in [0.1, 0.15) is 32.3 Å². The number of hydrogen-bond acceptors (Lipinski definition) is 5. The van der Waals surface area contributed by atoms with Crippen molar-refractivity contribution in [2.75, 3.05) is 13.2 Å². The number of rotatable bonds is 6. The van der Waals surface area contributed by atoms with E-state index in [0.717, 1.165) is 17.7 Å². The smallest absolute Gasteiger partial charge is 0.326 e. The predicted octanol–water partition coefficient (Wildman–Crippen LogP) is 1.86. The third-order valence-corrected chi connectivity index (χ3v) is 4.10. The van der Waals surface area contributed by atoms with Crippen LogP contribution < -0.4 is 5.32 Å². The molecule has 1 unspecified atom stereocenters. The van der Waals surface area contributed by atoms with Crippen LogP contribution in [0.2, 0.25) is 0 Å². The molecule has 1 aromatic rings. The lowest BCUT2D eigenvalue weighted by Crippen LogP contribution is -2.41. The van der Waals surface area contributed by atoms with E-state index in [1.54, 1.807) is 18.4 Å². The van der Waals surface area contributed by atoms with Crippen LogP contribution in [0, 0.1) is 0 Å². The Morgan fingerprint density at radius 3 is 2.86 bits per heavy atom. The van der Waals surface area contributed by atoms with Gasteiger partial charge in [-0.05, 0) is 35.7 Å². The third-order valence-electron chi connectivity index (χ3n) is 3.42. The molecule has 0 bridgehead atoms. The van der Waals surface area contributed by atoms with E-state index in [1.165, 1.54) is 11.3 Å². The Hall–Kier alpha value is -1.89. The molecular formula is C14H18N2O4S. The molecule has 21 heavy (non-hydrogen) atoms. The summed E-state index contributed by atoms with van der Waals surface area (Å²) in [5, 5.41) is 6.28. The minimum Gasteiger partial charge on any atom is -0.464 e. The Balaban J connectivity index is 2.04. The van der Waals surface area contributed by atoms with Crippen LogP contribution in [0.4, 0.5) is 4.79 Å². The minimum atomic E-state index is -1.11. The summed E-state index contributed by atoms with van der Waals surface area (Å²) in [5.41, 5.74) is -0.395.